The first-order valence-corrected chi connectivity index (χ1v) is 7.21. The van der Waals surface area contributed by atoms with E-state index in [1.54, 1.807) is 0 Å². The van der Waals surface area contributed by atoms with Crippen molar-refractivity contribution in [3.8, 4) is 11.1 Å². The summed E-state index contributed by atoms with van der Waals surface area (Å²) in [6, 6.07) is 15.5. The molecule has 0 N–H and O–H groups in total. The molecule has 19 heavy (non-hydrogen) atoms. The highest BCUT2D eigenvalue weighted by Gasteiger charge is 2.12. The molecule has 0 spiro atoms. The van der Waals surface area contributed by atoms with E-state index < -0.39 is 0 Å². The van der Waals surface area contributed by atoms with Crippen molar-refractivity contribution in [3.63, 3.8) is 0 Å². The van der Waals surface area contributed by atoms with Gasteiger partial charge in [-0.3, -0.25) is 0 Å². The van der Waals surface area contributed by atoms with Crippen LogP contribution in [-0.4, -0.2) is 0 Å². The van der Waals surface area contributed by atoms with Crippen molar-refractivity contribution in [2.45, 2.75) is 46.5 Å². The van der Waals surface area contributed by atoms with Crippen LogP contribution in [0, 0.1) is 6.92 Å². The van der Waals surface area contributed by atoms with Gasteiger partial charge in [0.15, 0.2) is 0 Å². The Bertz CT molecular complexity index is 562. The molecule has 0 nitrogen and oxygen atoms in total. The van der Waals surface area contributed by atoms with E-state index in [-0.39, 0.29) is 0 Å². The fourth-order valence-corrected chi connectivity index (χ4v) is 2.82. The van der Waals surface area contributed by atoms with Crippen molar-refractivity contribution in [1.29, 1.82) is 0 Å². The van der Waals surface area contributed by atoms with E-state index in [9.17, 15) is 0 Å². The summed E-state index contributed by atoms with van der Waals surface area (Å²) in [5.74, 6) is 1.13. The van der Waals surface area contributed by atoms with Crippen LogP contribution in [0.15, 0.2) is 42.5 Å². The maximum atomic E-state index is 2.26. The van der Waals surface area contributed by atoms with E-state index in [2.05, 4.69) is 77.1 Å². The van der Waals surface area contributed by atoms with Crippen LogP contribution >= 0.6 is 0 Å². The van der Waals surface area contributed by atoms with Crippen LogP contribution in [0.5, 0.6) is 0 Å². The van der Waals surface area contributed by atoms with Gasteiger partial charge >= 0.3 is 0 Å². The fourth-order valence-electron chi connectivity index (χ4n) is 2.82. The highest BCUT2D eigenvalue weighted by atomic mass is 14.2. The molecule has 0 bridgehead atoms. The molecule has 2 rings (SSSR count). The van der Waals surface area contributed by atoms with Crippen molar-refractivity contribution in [1.82, 2.24) is 0 Å². The third kappa shape index (κ3) is 2.73. The summed E-state index contributed by atoms with van der Waals surface area (Å²) < 4.78 is 0. The summed E-state index contributed by atoms with van der Waals surface area (Å²) in [6.07, 6.45) is 0. The zero-order valence-corrected chi connectivity index (χ0v) is 12.7. The van der Waals surface area contributed by atoms with Gasteiger partial charge in [0.05, 0.1) is 0 Å². The van der Waals surface area contributed by atoms with Crippen molar-refractivity contribution in [2.24, 2.45) is 0 Å². The second-order valence-corrected chi connectivity index (χ2v) is 5.92. The molecule has 2 aromatic rings. The normalized spacial score (nSPS) is 11.3. The Morgan fingerprint density at radius 2 is 1.16 bits per heavy atom. The second-order valence-electron chi connectivity index (χ2n) is 5.92. The van der Waals surface area contributed by atoms with Crippen LogP contribution in [-0.2, 0) is 0 Å². The Labute approximate surface area is 117 Å². The summed E-state index contributed by atoms with van der Waals surface area (Å²) in [7, 11) is 0. The minimum Gasteiger partial charge on any atom is -0.0619 e. The van der Waals surface area contributed by atoms with Gasteiger partial charge < -0.3 is 0 Å². The summed E-state index contributed by atoms with van der Waals surface area (Å²) in [5.41, 5.74) is 7.08. The molecular weight excluding hydrogens is 228 g/mol. The van der Waals surface area contributed by atoms with E-state index in [0.717, 1.165) is 0 Å². The first-order chi connectivity index (χ1) is 9.02. The molecule has 0 heteroatoms. The number of hydrogen-bond acceptors (Lipinski definition) is 0. The topological polar surface area (TPSA) is 0 Å². The quantitative estimate of drug-likeness (QED) is 0.637. The number of rotatable bonds is 3. The molecule has 0 saturated heterocycles. The Kier molecular flexibility index (Phi) is 4.09. The van der Waals surface area contributed by atoms with Gasteiger partial charge in [-0.05, 0) is 46.6 Å². The monoisotopic (exact) mass is 252 g/mol. The lowest BCUT2D eigenvalue weighted by Gasteiger charge is -2.18. The van der Waals surface area contributed by atoms with E-state index in [4.69, 9.17) is 0 Å². The van der Waals surface area contributed by atoms with Crippen LogP contribution in [0.3, 0.4) is 0 Å². The average molecular weight is 252 g/mol. The molecular formula is C19H24. The van der Waals surface area contributed by atoms with E-state index in [0.29, 0.717) is 11.8 Å². The highest BCUT2D eigenvalue weighted by Crippen LogP contribution is 2.34. The third-order valence-corrected chi connectivity index (χ3v) is 3.87. The van der Waals surface area contributed by atoms with E-state index >= 15 is 0 Å². The maximum Gasteiger partial charge on any atom is -0.0147 e. The van der Waals surface area contributed by atoms with Gasteiger partial charge in [0.1, 0.15) is 0 Å². The molecule has 2 aromatic carbocycles. The first kappa shape index (κ1) is 13.9. The molecule has 0 aliphatic rings. The smallest absolute Gasteiger partial charge is 0.0147 e. The lowest BCUT2D eigenvalue weighted by Crippen LogP contribution is -1.97. The largest absolute Gasteiger partial charge is 0.0619 e. The van der Waals surface area contributed by atoms with Gasteiger partial charge in [-0.15, -0.1) is 0 Å². The summed E-state index contributed by atoms with van der Waals surface area (Å²) in [5, 5.41) is 0. The number of hydrogen-bond donors (Lipinski definition) is 0. The summed E-state index contributed by atoms with van der Waals surface area (Å²) in [4.78, 5) is 0. The standard InChI is InChI=1S/C19H24/c1-13(2)16-11-8-12-18(15(16)5)19-10-7-6-9-17(19)14(3)4/h6-14H,1-5H3. The molecule has 0 radical (unpaired) electrons. The zero-order valence-electron chi connectivity index (χ0n) is 12.7. The summed E-state index contributed by atoms with van der Waals surface area (Å²) >= 11 is 0. The molecule has 0 saturated carbocycles. The van der Waals surface area contributed by atoms with Gasteiger partial charge in [0, 0.05) is 0 Å². The van der Waals surface area contributed by atoms with Gasteiger partial charge in [0.2, 0.25) is 0 Å². The third-order valence-electron chi connectivity index (χ3n) is 3.87. The molecule has 0 unspecified atom stereocenters. The second kappa shape index (κ2) is 5.61. The SMILES string of the molecule is Cc1c(-c2ccccc2C(C)C)cccc1C(C)C. The van der Waals surface area contributed by atoms with Crippen LogP contribution in [0.1, 0.15) is 56.2 Å². The van der Waals surface area contributed by atoms with Crippen LogP contribution in [0.25, 0.3) is 11.1 Å². The molecule has 0 aromatic heterocycles. The lowest BCUT2D eigenvalue weighted by atomic mass is 9.87. The maximum absolute atomic E-state index is 2.26. The van der Waals surface area contributed by atoms with Crippen molar-refractivity contribution in [2.75, 3.05) is 0 Å². The number of benzene rings is 2. The minimum absolute atomic E-state index is 0.554. The molecule has 0 aliphatic carbocycles. The average Bonchev–Trinajstić information content (AvgIpc) is 2.38. The van der Waals surface area contributed by atoms with Gasteiger partial charge in [0.25, 0.3) is 0 Å². The van der Waals surface area contributed by atoms with Crippen LogP contribution in [0.4, 0.5) is 0 Å². The lowest BCUT2D eigenvalue weighted by molar-refractivity contribution is 0.854. The summed E-state index contributed by atoms with van der Waals surface area (Å²) in [6.45, 7) is 11.3. The Morgan fingerprint density at radius 3 is 1.79 bits per heavy atom. The predicted molar refractivity (Wildman–Crippen MR) is 84.8 cm³/mol. The van der Waals surface area contributed by atoms with Crippen LogP contribution in [0.2, 0.25) is 0 Å². The van der Waals surface area contributed by atoms with Gasteiger partial charge in [-0.25, -0.2) is 0 Å². The predicted octanol–water partition coefficient (Wildman–Crippen LogP) is 5.91. The molecule has 0 atom stereocenters. The Morgan fingerprint density at radius 1 is 0.632 bits per heavy atom. The van der Waals surface area contributed by atoms with E-state index in [1.165, 1.54) is 27.8 Å². The Hall–Kier alpha value is -1.56. The van der Waals surface area contributed by atoms with Crippen molar-refractivity contribution >= 4 is 0 Å². The first-order valence-electron chi connectivity index (χ1n) is 7.21. The van der Waals surface area contributed by atoms with Gasteiger partial charge in [-0.2, -0.15) is 0 Å². The minimum atomic E-state index is 0.554. The molecule has 0 heterocycles. The van der Waals surface area contributed by atoms with E-state index in [1.807, 2.05) is 0 Å². The van der Waals surface area contributed by atoms with Crippen molar-refractivity contribution < 1.29 is 0 Å². The highest BCUT2D eigenvalue weighted by molar-refractivity contribution is 5.72. The molecule has 0 fully saturated rings. The van der Waals surface area contributed by atoms with Crippen molar-refractivity contribution in [3.05, 3.63) is 59.2 Å². The zero-order chi connectivity index (χ0) is 14.0. The fraction of sp³-hybridized carbons (Fsp3) is 0.368. The molecule has 100 valence electrons. The molecule has 0 amide bonds. The Balaban J connectivity index is 2.63. The van der Waals surface area contributed by atoms with Crippen LogP contribution < -0.4 is 0 Å². The van der Waals surface area contributed by atoms with Gasteiger partial charge in [-0.1, -0.05) is 70.2 Å². The molecule has 0 aliphatic heterocycles.